The van der Waals surface area contributed by atoms with Crippen molar-refractivity contribution in [1.29, 1.82) is 0 Å². The smallest absolute Gasteiger partial charge is 0.387 e. The number of aromatic nitrogens is 4. The van der Waals surface area contributed by atoms with Crippen LogP contribution in [0.1, 0.15) is 5.56 Å². The molecule has 0 aliphatic rings. The van der Waals surface area contributed by atoms with Crippen molar-refractivity contribution in [3.05, 3.63) is 58.1 Å². The highest BCUT2D eigenvalue weighted by Crippen LogP contribution is 2.29. The third-order valence-electron chi connectivity index (χ3n) is 3.25. The van der Waals surface area contributed by atoms with Crippen molar-refractivity contribution in [2.75, 3.05) is 5.32 Å². The van der Waals surface area contributed by atoms with Crippen molar-refractivity contribution in [2.45, 2.75) is 13.2 Å². The lowest BCUT2D eigenvalue weighted by molar-refractivity contribution is -0.0504. The van der Waals surface area contributed by atoms with E-state index in [1.165, 1.54) is 10.7 Å². The van der Waals surface area contributed by atoms with Crippen LogP contribution < -0.4 is 10.1 Å². The summed E-state index contributed by atoms with van der Waals surface area (Å²) < 4.78 is 30.8. The number of benzene rings is 2. The van der Waals surface area contributed by atoms with Crippen molar-refractivity contribution >= 4 is 29.2 Å². The van der Waals surface area contributed by atoms with Gasteiger partial charge in [-0.05, 0) is 28.6 Å². The fourth-order valence-corrected chi connectivity index (χ4v) is 2.53. The van der Waals surface area contributed by atoms with Gasteiger partial charge in [0.05, 0.1) is 15.7 Å². The molecule has 3 rings (SSSR count). The summed E-state index contributed by atoms with van der Waals surface area (Å²) in [5, 5.41) is 15.0. The highest BCUT2D eigenvalue weighted by atomic mass is 35.5. The van der Waals surface area contributed by atoms with Gasteiger partial charge in [0, 0.05) is 12.1 Å². The molecule has 0 saturated heterocycles. The van der Waals surface area contributed by atoms with Crippen LogP contribution in [0, 0.1) is 0 Å². The summed E-state index contributed by atoms with van der Waals surface area (Å²) in [4.78, 5) is 0. The molecular formula is C15H11Cl2F2N5O. The van der Waals surface area contributed by atoms with E-state index in [4.69, 9.17) is 23.2 Å². The fraction of sp³-hybridized carbons (Fsp3) is 0.133. The lowest BCUT2D eigenvalue weighted by Gasteiger charge is -2.12. The summed E-state index contributed by atoms with van der Waals surface area (Å²) in [6, 6.07) is 11.5. The average Bonchev–Trinajstić information content (AvgIpc) is 3.04. The Morgan fingerprint density at radius 2 is 1.92 bits per heavy atom. The summed E-state index contributed by atoms with van der Waals surface area (Å²) in [5.41, 5.74) is 1.01. The molecule has 1 N–H and O–H groups in total. The van der Waals surface area contributed by atoms with Crippen molar-refractivity contribution in [2.24, 2.45) is 0 Å². The maximum atomic E-state index is 12.5. The molecule has 2 aromatic carbocycles. The predicted octanol–water partition coefficient (Wildman–Crippen LogP) is 4.18. The molecule has 0 saturated carbocycles. The van der Waals surface area contributed by atoms with E-state index in [1.807, 2.05) is 0 Å². The van der Waals surface area contributed by atoms with Crippen LogP contribution >= 0.6 is 23.2 Å². The number of halogens is 4. The lowest BCUT2D eigenvalue weighted by atomic mass is 10.2. The van der Waals surface area contributed by atoms with Gasteiger partial charge in [0.1, 0.15) is 5.75 Å². The molecule has 0 aliphatic heterocycles. The number of rotatable bonds is 6. The van der Waals surface area contributed by atoms with E-state index in [1.54, 1.807) is 36.4 Å². The van der Waals surface area contributed by atoms with Crippen LogP contribution in [0.4, 0.5) is 14.7 Å². The summed E-state index contributed by atoms with van der Waals surface area (Å²) in [6.07, 6.45) is 0. The number of tetrazole rings is 1. The zero-order valence-corrected chi connectivity index (χ0v) is 14.0. The molecule has 10 heteroatoms. The van der Waals surface area contributed by atoms with Crippen LogP contribution in [0.15, 0.2) is 42.5 Å². The second-order valence-electron chi connectivity index (χ2n) is 4.83. The first-order chi connectivity index (χ1) is 12.1. The average molecular weight is 386 g/mol. The molecule has 0 bridgehead atoms. The van der Waals surface area contributed by atoms with E-state index in [0.717, 1.165) is 0 Å². The Bertz CT molecular complexity index is 875. The minimum absolute atomic E-state index is 0.0739. The number of hydrogen-bond acceptors (Lipinski definition) is 5. The van der Waals surface area contributed by atoms with Crippen molar-refractivity contribution in [3.8, 4) is 11.4 Å². The topological polar surface area (TPSA) is 64.9 Å². The molecular weight excluding hydrogens is 375 g/mol. The molecule has 0 aliphatic carbocycles. The van der Waals surface area contributed by atoms with E-state index in [0.29, 0.717) is 21.3 Å². The Kier molecular flexibility index (Phi) is 5.30. The molecule has 25 heavy (non-hydrogen) atoms. The number of para-hydroxylation sites is 1. The molecule has 0 amide bonds. The van der Waals surface area contributed by atoms with Crippen molar-refractivity contribution in [1.82, 2.24) is 20.2 Å². The first-order valence-electron chi connectivity index (χ1n) is 7.05. The Balaban J connectivity index is 1.83. The number of hydrogen-bond donors (Lipinski definition) is 1. The molecule has 0 spiro atoms. The molecule has 6 nitrogen and oxygen atoms in total. The lowest BCUT2D eigenvalue weighted by Crippen LogP contribution is -2.10. The van der Waals surface area contributed by atoms with Crippen molar-refractivity contribution < 1.29 is 13.5 Å². The highest BCUT2D eigenvalue weighted by Gasteiger charge is 2.14. The van der Waals surface area contributed by atoms with E-state index in [9.17, 15) is 8.78 Å². The fourth-order valence-electron chi connectivity index (χ4n) is 2.15. The first kappa shape index (κ1) is 17.4. The minimum atomic E-state index is -2.91. The second kappa shape index (κ2) is 7.62. The SMILES string of the molecule is FC(F)Oc1ccccc1CNc1nnnn1-c1cccc(Cl)c1Cl. The largest absolute Gasteiger partial charge is 0.434 e. The maximum Gasteiger partial charge on any atom is 0.387 e. The molecule has 1 aromatic heterocycles. The predicted molar refractivity (Wildman–Crippen MR) is 89.6 cm³/mol. The van der Waals surface area contributed by atoms with E-state index in [2.05, 4.69) is 25.6 Å². The normalized spacial score (nSPS) is 10.9. The number of anilines is 1. The minimum Gasteiger partial charge on any atom is -0.434 e. The second-order valence-corrected chi connectivity index (χ2v) is 5.61. The van der Waals surface area contributed by atoms with Crippen LogP contribution in [0.25, 0.3) is 5.69 Å². The van der Waals surface area contributed by atoms with Gasteiger partial charge in [-0.15, -0.1) is 0 Å². The summed E-state index contributed by atoms with van der Waals surface area (Å²) in [6.45, 7) is -2.74. The molecule has 0 atom stereocenters. The van der Waals surface area contributed by atoms with Gasteiger partial charge in [0.25, 0.3) is 0 Å². The highest BCUT2D eigenvalue weighted by molar-refractivity contribution is 6.43. The quantitative estimate of drug-likeness (QED) is 0.689. The van der Waals surface area contributed by atoms with Gasteiger partial charge in [-0.2, -0.15) is 13.5 Å². The Hall–Kier alpha value is -2.45. The van der Waals surface area contributed by atoms with Gasteiger partial charge < -0.3 is 10.1 Å². The first-order valence-corrected chi connectivity index (χ1v) is 7.81. The van der Waals surface area contributed by atoms with E-state index >= 15 is 0 Å². The van der Waals surface area contributed by atoms with Gasteiger partial charge >= 0.3 is 6.61 Å². The molecule has 0 unspecified atom stereocenters. The zero-order chi connectivity index (χ0) is 17.8. The van der Waals surface area contributed by atoms with E-state index < -0.39 is 6.61 Å². The van der Waals surface area contributed by atoms with Gasteiger partial charge in [0.15, 0.2) is 0 Å². The van der Waals surface area contributed by atoms with Gasteiger partial charge in [-0.25, -0.2) is 0 Å². The van der Waals surface area contributed by atoms with Crippen LogP contribution in [0.3, 0.4) is 0 Å². The Morgan fingerprint density at radius 1 is 1.12 bits per heavy atom. The number of nitrogens with zero attached hydrogens (tertiary/aromatic N) is 4. The van der Waals surface area contributed by atoms with Crippen LogP contribution in [0.5, 0.6) is 5.75 Å². The molecule has 0 radical (unpaired) electrons. The van der Waals surface area contributed by atoms with Crippen LogP contribution in [-0.4, -0.2) is 26.8 Å². The monoisotopic (exact) mass is 385 g/mol. The molecule has 3 aromatic rings. The third kappa shape index (κ3) is 3.97. The third-order valence-corrected chi connectivity index (χ3v) is 4.06. The number of nitrogens with one attached hydrogen (secondary N) is 1. The summed E-state index contributed by atoms with van der Waals surface area (Å²) in [5.74, 6) is 0.348. The van der Waals surface area contributed by atoms with Gasteiger partial charge in [-0.3, -0.25) is 0 Å². The molecule has 1 heterocycles. The van der Waals surface area contributed by atoms with Crippen molar-refractivity contribution in [3.63, 3.8) is 0 Å². The van der Waals surface area contributed by atoms with E-state index in [-0.39, 0.29) is 18.2 Å². The summed E-state index contributed by atoms with van der Waals surface area (Å²) in [7, 11) is 0. The number of alkyl halides is 2. The molecule has 0 fully saturated rings. The zero-order valence-electron chi connectivity index (χ0n) is 12.5. The van der Waals surface area contributed by atoms with Crippen LogP contribution in [0.2, 0.25) is 10.0 Å². The number of ether oxygens (including phenoxy) is 1. The Morgan fingerprint density at radius 3 is 2.72 bits per heavy atom. The maximum absolute atomic E-state index is 12.5. The van der Waals surface area contributed by atoms with Gasteiger partial charge in [-0.1, -0.05) is 52.6 Å². The van der Waals surface area contributed by atoms with Gasteiger partial charge in [0.2, 0.25) is 5.95 Å². The molecule has 130 valence electrons. The standard InChI is InChI=1S/C15H11Cl2F2N5O/c16-10-5-3-6-11(13(10)17)24-15(21-22-23-24)20-8-9-4-1-2-7-12(9)25-14(18)19/h1-7,14H,8H2,(H,20,21,23). The Labute approximate surface area is 151 Å². The summed E-state index contributed by atoms with van der Waals surface area (Å²) >= 11 is 12.2. The van der Waals surface area contributed by atoms with Crippen LogP contribution in [-0.2, 0) is 6.54 Å².